The molecule has 0 fully saturated rings. The van der Waals surface area contributed by atoms with Crippen LogP contribution in [0.5, 0.6) is 0 Å². The maximum absolute atomic E-state index is 11.2. The molecule has 0 saturated carbocycles. The molecule has 4 heteroatoms. The second kappa shape index (κ2) is 6.43. The average molecular weight is 228 g/mol. The molecule has 82 valence electrons. The zero-order valence-electron chi connectivity index (χ0n) is 8.63. The zero-order valence-corrected chi connectivity index (χ0v) is 9.38. The Hall–Kier alpha value is -1.06. The van der Waals surface area contributed by atoms with Gasteiger partial charge in [-0.3, -0.25) is 4.79 Å². The van der Waals surface area contributed by atoms with E-state index in [0.29, 0.717) is 24.6 Å². The number of hydrogen-bond donors (Lipinski definition) is 1. The number of hydrogen-bond acceptors (Lipinski definition) is 3. The molecule has 0 aliphatic carbocycles. The van der Waals surface area contributed by atoms with Crippen LogP contribution in [0.15, 0.2) is 24.3 Å². The van der Waals surface area contributed by atoms with E-state index in [2.05, 4.69) is 5.32 Å². The predicted octanol–water partition coefficient (Wildman–Crippen LogP) is 1.99. The molecule has 1 aromatic carbocycles. The molecule has 0 spiro atoms. The minimum atomic E-state index is -0.195. The van der Waals surface area contributed by atoms with E-state index in [-0.39, 0.29) is 5.97 Å². The highest BCUT2D eigenvalue weighted by Gasteiger charge is 2.01. The van der Waals surface area contributed by atoms with Crippen molar-refractivity contribution in [3.05, 3.63) is 34.9 Å². The van der Waals surface area contributed by atoms with Gasteiger partial charge < -0.3 is 10.1 Å². The third-order valence-electron chi connectivity index (χ3n) is 1.89. The van der Waals surface area contributed by atoms with Crippen molar-refractivity contribution < 1.29 is 9.53 Å². The van der Waals surface area contributed by atoms with Crippen molar-refractivity contribution >= 4 is 17.6 Å². The molecule has 0 aliphatic rings. The summed E-state index contributed by atoms with van der Waals surface area (Å²) in [5.74, 6) is -0.195. The summed E-state index contributed by atoms with van der Waals surface area (Å²) in [4.78, 5) is 11.2. The highest BCUT2D eigenvalue weighted by atomic mass is 35.5. The molecule has 1 rings (SSSR count). The Kier molecular flexibility index (Phi) is 5.15. The molecule has 15 heavy (non-hydrogen) atoms. The van der Waals surface area contributed by atoms with Gasteiger partial charge in [0, 0.05) is 11.6 Å². The number of halogens is 1. The lowest BCUT2D eigenvalue weighted by Crippen LogP contribution is -2.14. The minimum Gasteiger partial charge on any atom is -0.461 e. The summed E-state index contributed by atoms with van der Waals surface area (Å²) >= 11 is 5.73. The van der Waals surface area contributed by atoms with Gasteiger partial charge in [0.2, 0.25) is 0 Å². The topological polar surface area (TPSA) is 38.3 Å². The van der Waals surface area contributed by atoms with Gasteiger partial charge in [0.05, 0.1) is 6.42 Å². The summed E-state index contributed by atoms with van der Waals surface area (Å²) in [5, 5.41) is 3.57. The van der Waals surface area contributed by atoms with Crippen molar-refractivity contribution in [1.82, 2.24) is 5.32 Å². The van der Waals surface area contributed by atoms with E-state index < -0.39 is 0 Å². The van der Waals surface area contributed by atoms with Crippen LogP contribution >= 0.6 is 11.6 Å². The Morgan fingerprint density at radius 1 is 1.40 bits per heavy atom. The fourth-order valence-electron chi connectivity index (χ4n) is 1.04. The molecule has 0 saturated heterocycles. The summed E-state index contributed by atoms with van der Waals surface area (Å²) < 4.78 is 5.05. The smallest absolute Gasteiger partial charge is 0.307 e. The van der Waals surface area contributed by atoms with Gasteiger partial charge in [-0.2, -0.15) is 0 Å². The zero-order chi connectivity index (χ0) is 11.1. The first kappa shape index (κ1) is 12.0. The summed E-state index contributed by atoms with van der Waals surface area (Å²) in [7, 11) is 1.80. The molecule has 1 N–H and O–H groups in total. The SMILES string of the molecule is CNCCC(=O)OCc1ccc(Cl)cc1. The number of benzene rings is 1. The van der Waals surface area contributed by atoms with Crippen molar-refractivity contribution in [3.8, 4) is 0 Å². The van der Waals surface area contributed by atoms with E-state index in [1.54, 1.807) is 19.2 Å². The molecule has 0 heterocycles. The molecule has 0 amide bonds. The molecule has 0 atom stereocenters. The maximum atomic E-state index is 11.2. The van der Waals surface area contributed by atoms with E-state index in [1.165, 1.54) is 0 Å². The van der Waals surface area contributed by atoms with Crippen LogP contribution in [0.4, 0.5) is 0 Å². The molecule has 0 bridgehead atoms. The third kappa shape index (κ3) is 4.81. The second-order valence-electron chi connectivity index (χ2n) is 3.14. The Morgan fingerprint density at radius 2 is 2.07 bits per heavy atom. The quantitative estimate of drug-likeness (QED) is 0.782. The fraction of sp³-hybridized carbons (Fsp3) is 0.364. The molecule has 3 nitrogen and oxygen atoms in total. The Morgan fingerprint density at radius 3 is 2.67 bits per heavy atom. The summed E-state index contributed by atoms with van der Waals surface area (Å²) in [5.41, 5.74) is 0.942. The van der Waals surface area contributed by atoms with Gasteiger partial charge in [-0.05, 0) is 24.7 Å². The van der Waals surface area contributed by atoms with E-state index in [1.807, 2.05) is 12.1 Å². The third-order valence-corrected chi connectivity index (χ3v) is 2.14. The Balaban J connectivity index is 2.30. The van der Waals surface area contributed by atoms with Crippen molar-refractivity contribution in [2.24, 2.45) is 0 Å². The Labute approximate surface area is 94.4 Å². The summed E-state index contributed by atoms with van der Waals surface area (Å²) in [6, 6.07) is 7.23. The Bertz CT molecular complexity index is 311. The van der Waals surface area contributed by atoms with E-state index in [0.717, 1.165) is 5.56 Å². The first-order valence-electron chi connectivity index (χ1n) is 4.77. The van der Waals surface area contributed by atoms with Crippen LogP contribution in [0.1, 0.15) is 12.0 Å². The lowest BCUT2D eigenvalue weighted by atomic mass is 10.2. The first-order valence-corrected chi connectivity index (χ1v) is 5.15. The van der Waals surface area contributed by atoms with Crippen molar-refractivity contribution in [2.45, 2.75) is 13.0 Å². The number of nitrogens with one attached hydrogen (secondary N) is 1. The first-order chi connectivity index (χ1) is 7.22. The molecule has 0 aliphatic heterocycles. The molecule has 0 unspecified atom stereocenters. The fourth-order valence-corrected chi connectivity index (χ4v) is 1.17. The van der Waals surface area contributed by atoms with Gasteiger partial charge in [0.1, 0.15) is 6.61 Å². The van der Waals surface area contributed by atoms with Gasteiger partial charge in [0.25, 0.3) is 0 Å². The van der Waals surface area contributed by atoms with E-state index in [9.17, 15) is 4.79 Å². The number of esters is 1. The van der Waals surface area contributed by atoms with Gasteiger partial charge in [0.15, 0.2) is 0 Å². The van der Waals surface area contributed by atoms with Gasteiger partial charge in [-0.25, -0.2) is 0 Å². The van der Waals surface area contributed by atoms with Gasteiger partial charge in [-0.15, -0.1) is 0 Å². The maximum Gasteiger partial charge on any atom is 0.307 e. The molecule has 0 radical (unpaired) electrons. The van der Waals surface area contributed by atoms with Crippen molar-refractivity contribution in [1.29, 1.82) is 0 Å². The largest absolute Gasteiger partial charge is 0.461 e. The summed E-state index contributed by atoms with van der Waals surface area (Å²) in [6.07, 6.45) is 0.393. The van der Waals surface area contributed by atoms with E-state index in [4.69, 9.17) is 16.3 Å². The van der Waals surface area contributed by atoms with Crippen LogP contribution in [0, 0.1) is 0 Å². The number of carbonyl (C=O) groups excluding carboxylic acids is 1. The van der Waals surface area contributed by atoms with Crippen molar-refractivity contribution in [2.75, 3.05) is 13.6 Å². The highest BCUT2D eigenvalue weighted by molar-refractivity contribution is 6.30. The van der Waals surface area contributed by atoms with E-state index >= 15 is 0 Å². The van der Waals surface area contributed by atoms with Crippen LogP contribution in [-0.2, 0) is 16.1 Å². The normalized spacial score (nSPS) is 10.0. The van der Waals surface area contributed by atoms with Crippen LogP contribution < -0.4 is 5.32 Å². The molecular formula is C11H14ClNO2. The highest BCUT2D eigenvalue weighted by Crippen LogP contribution is 2.10. The molecular weight excluding hydrogens is 214 g/mol. The summed E-state index contributed by atoms with van der Waals surface area (Å²) in [6.45, 7) is 0.944. The van der Waals surface area contributed by atoms with Crippen LogP contribution in [0.25, 0.3) is 0 Å². The van der Waals surface area contributed by atoms with Crippen LogP contribution in [0.2, 0.25) is 5.02 Å². The minimum absolute atomic E-state index is 0.195. The van der Waals surface area contributed by atoms with Gasteiger partial charge in [-0.1, -0.05) is 23.7 Å². The predicted molar refractivity (Wildman–Crippen MR) is 59.8 cm³/mol. The number of ether oxygens (including phenoxy) is 1. The second-order valence-corrected chi connectivity index (χ2v) is 3.58. The lowest BCUT2D eigenvalue weighted by molar-refractivity contribution is -0.144. The van der Waals surface area contributed by atoms with Gasteiger partial charge >= 0.3 is 5.97 Å². The molecule has 0 aromatic heterocycles. The van der Waals surface area contributed by atoms with Crippen molar-refractivity contribution in [3.63, 3.8) is 0 Å². The van der Waals surface area contributed by atoms with Crippen LogP contribution in [-0.4, -0.2) is 19.6 Å². The average Bonchev–Trinajstić information content (AvgIpc) is 2.25. The number of carbonyl (C=O) groups is 1. The van der Waals surface area contributed by atoms with Crippen LogP contribution in [0.3, 0.4) is 0 Å². The lowest BCUT2D eigenvalue weighted by Gasteiger charge is -2.04. The molecule has 1 aromatic rings. The standard InChI is InChI=1S/C11H14ClNO2/c1-13-7-6-11(14)15-8-9-2-4-10(12)5-3-9/h2-5,13H,6-8H2,1H3. The number of rotatable bonds is 5. The monoisotopic (exact) mass is 227 g/mol.